The summed E-state index contributed by atoms with van der Waals surface area (Å²) in [4.78, 5) is 24.8. The molecule has 0 bridgehead atoms. The van der Waals surface area contributed by atoms with Crippen LogP contribution in [0.3, 0.4) is 0 Å². The zero-order valence-electron chi connectivity index (χ0n) is 19.7. The van der Waals surface area contributed by atoms with E-state index in [-0.39, 0.29) is 18.9 Å². The van der Waals surface area contributed by atoms with Gasteiger partial charge in [-0.2, -0.15) is 0 Å². The highest BCUT2D eigenvalue weighted by atomic mass is 35.5. The summed E-state index contributed by atoms with van der Waals surface area (Å²) in [5.74, 6) is -0.174. The number of hydrogen-bond acceptors (Lipinski definition) is 4. The topological polar surface area (TPSA) is 84.9 Å². The van der Waals surface area contributed by atoms with Crippen LogP contribution in [0.2, 0.25) is 5.02 Å². The summed E-state index contributed by atoms with van der Waals surface area (Å²) < 4.78 is 11.5. The van der Waals surface area contributed by atoms with Crippen molar-refractivity contribution in [3.8, 4) is 5.75 Å². The Morgan fingerprint density at radius 2 is 1.55 bits per heavy atom. The van der Waals surface area contributed by atoms with Gasteiger partial charge in [0.05, 0.1) is 13.2 Å². The smallest absolute Gasteiger partial charge is 0.326 e. The Morgan fingerprint density at radius 1 is 0.939 bits per heavy atom. The lowest BCUT2D eigenvalue weighted by Gasteiger charge is -2.22. The van der Waals surface area contributed by atoms with Gasteiger partial charge in [0.2, 0.25) is 5.91 Å². The van der Waals surface area contributed by atoms with Crippen molar-refractivity contribution in [2.24, 2.45) is 11.8 Å². The van der Waals surface area contributed by atoms with Gasteiger partial charge in [-0.1, -0.05) is 63.6 Å². The Kier molecular flexibility index (Phi) is 10.7. The molecule has 0 aliphatic heterocycles. The lowest BCUT2D eigenvalue weighted by molar-refractivity contribution is -0.145. The lowest BCUT2D eigenvalue weighted by Crippen LogP contribution is -2.47. The van der Waals surface area contributed by atoms with Gasteiger partial charge in [0.15, 0.2) is 0 Å². The number of carboxylic acid groups (broad SMARTS) is 1. The molecule has 0 aliphatic rings. The van der Waals surface area contributed by atoms with E-state index in [1.54, 1.807) is 12.1 Å². The second-order valence-corrected chi connectivity index (χ2v) is 9.44. The summed E-state index contributed by atoms with van der Waals surface area (Å²) in [5, 5.41) is 13.0. The molecular formula is C26H34ClNO5. The number of carbonyl (C=O) groups excluding carboxylic acids is 1. The Morgan fingerprint density at radius 3 is 2.09 bits per heavy atom. The standard InChI is InChI=1S/C26H34ClNO5/c1-17(2)13-24(33-16-20-5-9-21(27)10-6-20)25(29)28-23(26(30)31)14-19-7-11-22(12-8-19)32-15-18(3)4/h5-12,17-18,23-24H,13-16H2,1-4H3,(H,28,29)(H,30,31)/t23-,24-/m0/s1. The quantitative estimate of drug-likeness (QED) is 0.420. The SMILES string of the molecule is CC(C)COc1ccc(C[C@H](NC(=O)[C@H](CC(C)C)OCc2ccc(Cl)cc2)C(=O)O)cc1. The average Bonchev–Trinajstić information content (AvgIpc) is 2.76. The summed E-state index contributed by atoms with van der Waals surface area (Å²) in [6, 6.07) is 13.4. The van der Waals surface area contributed by atoms with E-state index in [9.17, 15) is 14.7 Å². The fraction of sp³-hybridized carbons (Fsp3) is 0.462. The predicted molar refractivity (Wildman–Crippen MR) is 130 cm³/mol. The van der Waals surface area contributed by atoms with Crippen molar-refractivity contribution < 1.29 is 24.2 Å². The van der Waals surface area contributed by atoms with Crippen LogP contribution in [0.1, 0.15) is 45.2 Å². The summed E-state index contributed by atoms with van der Waals surface area (Å²) in [7, 11) is 0. The van der Waals surface area contributed by atoms with Crippen LogP contribution in [0.4, 0.5) is 0 Å². The predicted octanol–water partition coefficient (Wildman–Crippen LogP) is 5.12. The van der Waals surface area contributed by atoms with Gasteiger partial charge in [0, 0.05) is 11.4 Å². The highest BCUT2D eigenvalue weighted by Gasteiger charge is 2.27. The van der Waals surface area contributed by atoms with Crippen LogP contribution in [0, 0.1) is 11.8 Å². The third-order valence-corrected chi connectivity index (χ3v) is 5.16. The summed E-state index contributed by atoms with van der Waals surface area (Å²) in [5.41, 5.74) is 1.68. The first-order valence-electron chi connectivity index (χ1n) is 11.2. The largest absolute Gasteiger partial charge is 0.493 e. The molecule has 7 heteroatoms. The van der Waals surface area contributed by atoms with E-state index in [0.29, 0.717) is 24.0 Å². The zero-order valence-corrected chi connectivity index (χ0v) is 20.5. The molecule has 2 aromatic rings. The maximum atomic E-state index is 12.9. The maximum absolute atomic E-state index is 12.9. The summed E-state index contributed by atoms with van der Waals surface area (Å²) >= 11 is 5.92. The molecule has 33 heavy (non-hydrogen) atoms. The number of rotatable bonds is 13. The molecule has 1 amide bonds. The Hall–Kier alpha value is -2.57. The molecule has 2 N–H and O–H groups in total. The van der Waals surface area contributed by atoms with Crippen LogP contribution in [0.15, 0.2) is 48.5 Å². The van der Waals surface area contributed by atoms with Gasteiger partial charge in [0.25, 0.3) is 0 Å². The molecular weight excluding hydrogens is 442 g/mol. The van der Waals surface area contributed by atoms with Crippen LogP contribution in [-0.2, 0) is 27.4 Å². The summed E-state index contributed by atoms with van der Waals surface area (Å²) in [6.07, 6.45) is -0.112. The van der Waals surface area contributed by atoms with Gasteiger partial charge in [-0.3, -0.25) is 4.79 Å². The van der Waals surface area contributed by atoms with E-state index < -0.39 is 24.0 Å². The second-order valence-electron chi connectivity index (χ2n) is 9.01. The third-order valence-electron chi connectivity index (χ3n) is 4.90. The zero-order chi connectivity index (χ0) is 24.4. The van der Waals surface area contributed by atoms with Crippen molar-refractivity contribution in [2.45, 2.75) is 59.3 Å². The Labute approximate surface area is 201 Å². The van der Waals surface area contributed by atoms with Crippen LogP contribution in [0.5, 0.6) is 5.75 Å². The Bertz CT molecular complexity index is 881. The number of aliphatic carboxylic acids is 1. The minimum absolute atomic E-state index is 0.164. The molecule has 180 valence electrons. The molecule has 0 aliphatic carbocycles. The first-order valence-corrected chi connectivity index (χ1v) is 11.6. The number of ether oxygens (including phenoxy) is 2. The molecule has 0 saturated carbocycles. The van der Waals surface area contributed by atoms with E-state index in [0.717, 1.165) is 16.9 Å². The number of carboxylic acids is 1. The molecule has 0 aromatic heterocycles. The average molecular weight is 476 g/mol. The molecule has 0 saturated heterocycles. The number of halogens is 1. The Balaban J connectivity index is 2.00. The molecule has 0 radical (unpaired) electrons. The van der Waals surface area contributed by atoms with Crippen LogP contribution < -0.4 is 10.1 Å². The first-order chi connectivity index (χ1) is 15.6. The van der Waals surface area contributed by atoms with Crippen molar-refractivity contribution >= 4 is 23.5 Å². The minimum atomic E-state index is -1.09. The van der Waals surface area contributed by atoms with Crippen LogP contribution >= 0.6 is 11.6 Å². The van der Waals surface area contributed by atoms with E-state index >= 15 is 0 Å². The minimum Gasteiger partial charge on any atom is -0.493 e. The third kappa shape index (κ3) is 9.84. The van der Waals surface area contributed by atoms with Gasteiger partial charge >= 0.3 is 5.97 Å². The van der Waals surface area contributed by atoms with Crippen LogP contribution in [-0.4, -0.2) is 35.7 Å². The van der Waals surface area contributed by atoms with Crippen molar-refractivity contribution in [1.29, 1.82) is 0 Å². The lowest BCUT2D eigenvalue weighted by atomic mass is 10.0. The molecule has 0 fully saturated rings. The highest BCUT2D eigenvalue weighted by Crippen LogP contribution is 2.17. The van der Waals surface area contributed by atoms with Gasteiger partial charge in [-0.05, 0) is 53.6 Å². The van der Waals surface area contributed by atoms with E-state index in [1.807, 2.05) is 50.2 Å². The molecule has 0 unspecified atom stereocenters. The fourth-order valence-electron chi connectivity index (χ4n) is 3.14. The van der Waals surface area contributed by atoms with E-state index in [1.165, 1.54) is 0 Å². The number of nitrogens with one attached hydrogen (secondary N) is 1. The normalized spacial score (nSPS) is 13.1. The van der Waals surface area contributed by atoms with Crippen LogP contribution in [0.25, 0.3) is 0 Å². The molecule has 6 nitrogen and oxygen atoms in total. The van der Waals surface area contributed by atoms with Crippen molar-refractivity contribution in [3.63, 3.8) is 0 Å². The number of amides is 1. The van der Waals surface area contributed by atoms with Gasteiger partial charge in [0.1, 0.15) is 17.9 Å². The second kappa shape index (κ2) is 13.2. The molecule has 0 spiro atoms. The van der Waals surface area contributed by atoms with Crippen molar-refractivity contribution in [3.05, 3.63) is 64.7 Å². The monoisotopic (exact) mass is 475 g/mol. The van der Waals surface area contributed by atoms with E-state index in [4.69, 9.17) is 21.1 Å². The van der Waals surface area contributed by atoms with Gasteiger partial charge in [-0.15, -0.1) is 0 Å². The molecule has 2 rings (SSSR count). The summed E-state index contributed by atoms with van der Waals surface area (Å²) in [6.45, 7) is 8.96. The van der Waals surface area contributed by atoms with Gasteiger partial charge < -0.3 is 19.9 Å². The maximum Gasteiger partial charge on any atom is 0.326 e. The number of carbonyl (C=O) groups is 2. The van der Waals surface area contributed by atoms with Crippen molar-refractivity contribution in [2.75, 3.05) is 6.61 Å². The molecule has 2 atom stereocenters. The molecule has 2 aromatic carbocycles. The highest BCUT2D eigenvalue weighted by molar-refractivity contribution is 6.30. The fourth-order valence-corrected chi connectivity index (χ4v) is 3.27. The van der Waals surface area contributed by atoms with Gasteiger partial charge in [-0.25, -0.2) is 4.79 Å². The van der Waals surface area contributed by atoms with E-state index in [2.05, 4.69) is 19.2 Å². The number of hydrogen-bond donors (Lipinski definition) is 2. The van der Waals surface area contributed by atoms with Crippen molar-refractivity contribution in [1.82, 2.24) is 5.32 Å². The first kappa shape index (κ1) is 26.7. The molecule has 0 heterocycles. The number of benzene rings is 2.